The minimum absolute atomic E-state index is 0.0869. The van der Waals surface area contributed by atoms with Crippen molar-refractivity contribution in [3.8, 4) is 0 Å². The first-order chi connectivity index (χ1) is 10.8. The Morgan fingerprint density at radius 3 is 2.36 bits per heavy atom. The van der Waals surface area contributed by atoms with E-state index in [-0.39, 0.29) is 5.41 Å². The number of hydrogen-bond donors (Lipinski definition) is 1. The molecular weight excluding hydrogens is 268 g/mol. The Hall–Kier alpha value is -2.09. The highest BCUT2D eigenvalue weighted by Gasteiger charge is 2.47. The number of amidine groups is 1. The standard InChI is InChI=1S/C20H22N2/c21-19-20(12-6-7-13-20)18-11-5-4-10-17(18)15-22(19)14-16-8-2-1-3-9-16/h1-5,8-11,21H,6-7,12-15H2/p+1. The van der Waals surface area contributed by atoms with Crippen LogP contribution in [0.4, 0.5) is 0 Å². The van der Waals surface area contributed by atoms with E-state index in [1.54, 1.807) is 0 Å². The van der Waals surface area contributed by atoms with Gasteiger partial charge in [0.2, 0.25) is 0 Å². The number of fused-ring (bicyclic) bond motifs is 2. The van der Waals surface area contributed by atoms with Crippen LogP contribution in [-0.4, -0.2) is 10.4 Å². The molecule has 2 nitrogen and oxygen atoms in total. The normalized spacial score (nSPS) is 19.5. The van der Waals surface area contributed by atoms with Gasteiger partial charge < -0.3 is 0 Å². The van der Waals surface area contributed by atoms with Gasteiger partial charge >= 0.3 is 0 Å². The van der Waals surface area contributed by atoms with Crippen LogP contribution < -0.4 is 5.73 Å². The third kappa shape index (κ3) is 2.06. The van der Waals surface area contributed by atoms with E-state index in [0.717, 1.165) is 18.9 Å². The second-order valence-electron chi connectivity index (χ2n) is 6.67. The largest absolute Gasteiger partial charge is 0.290 e. The number of rotatable bonds is 2. The summed E-state index contributed by atoms with van der Waals surface area (Å²) >= 11 is 0. The minimum Gasteiger partial charge on any atom is -0.290 e. The lowest BCUT2D eigenvalue weighted by molar-refractivity contribution is -0.565. The summed E-state index contributed by atoms with van der Waals surface area (Å²) in [5.74, 6) is 1.09. The molecule has 2 N–H and O–H groups in total. The Morgan fingerprint density at radius 2 is 1.59 bits per heavy atom. The lowest BCUT2D eigenvalue weighted by Gasteiger charge is -2.34. The SMILES string of the molecule is NC1=[N+](Cc2ccccc2)Cc2ccccc2C12CCCC2. The number of benzene rings is 2. The molecule has 2 aliphatic rings. The third-order valence-corrected chi connectivity index (χ3v) is 5.40. The first kappa shape index (κ1) is 13.6. The summed E-state index contributed by atoms with van der Waals surface area (Å²) in [7, 11) is 0. The molecule has 4 rings (SSSR count). The Balaban J connectivity index is 1.79. The summed E-state index contributed by atoms with van der Waals surface area (Å²) in [6.45, 7) is 1.83. The van der Waals surface area contributed by atoms with Gasteiger partial charge in [-0.2, -0.15) is 0 Å². The molecule has 1 spiro atoms. The Labute approximate surface area is 132 Å². The molecule has 0 bridgehead atoms. The molecule has 2 aromatic carbocycles. The molecule has 2 aromatic rings. The predicted molar refractivity (Wildman–Crippen MR) is 89.9 cm³/mol. The molecule has 0 saturated heterocycles. The van der Waals surface area contributed by atoms with E-state index in [0.29, 0.717) is 0 Å². The third-order valence-electron chi connectivity index (χ3n) is 5.40. The van der Waals surface area contributed by atoms with E-state index < -0.39 is 0 Å². The molecule has 0 amide bonds. The summed E-state index contributed by atoms with van der Waals surface area (Å²) in [5.41, 5.74) is 11.1. The van der Waals surface area contributed by atoms with Gasteiger partial charge in [0.15, 0.2) is 0 Å². The minimum atomic E-state index is 0.0869. The van der Waals surface area contributed by atoms with Crippen LogP contribution in [0.1, 0.15) is 42.4 Å². The van der Waals surface area contributed by atoms with E-state index in [9.17, 15) is 0 Å². The number of nitrogens with zero attached hydrogens (tertiary/aromatic N) is 1. The van der Waals surface area contributed by atoms with Crippen molar-refractivity contribution in [1.82, 2.24) is 0 Å². The van der Waals surface area contributed by atoms with Crippen LogP contribution in [0.3, 0.4) is 0 Å². The van der Waals surface area contributed by atoms with Crippen LogP contribution in [0, 0.1) is 0 Å². The number of hydrogen-bond acceptors (Lipinski definition) is 1. The summed E-state index contributed by atoms with van der Waals surface area (Å²) in [6, 6.07) is 19.6. The van der Waals surface area contributed by atoms with E-state index >= 15 is 0 Å². The fourth-order valence-electron chi connectivity index (χ4n) is 4.31. The van der Waals surface area contributed by atoms with Crippen molar-refractivity contribution in [3.05, 3.63) is 71.3 Å². The van der Waals surface area contributed by atoms with Gasteiger partial charge in [-0.25, -0.2) is 0 Å². The van der Waals surface area contributed by atoms with Crippen molar-refractivity contribution in [3.63, 3.8) is 0 Å². The van der Waals surface area contributed by atoms with E-state index in [2.05, 4.69) is 59.2 Å². The maximum absolute atomic E-state index is 6.72. The Bertz CT molecular complexity index is 709. The Kier molecular flexibility index (Phi) is 3.25. The molecule has 0 atom stereocenters. The van der Waals surface area contributed by atoms with E-state index in [1.807, 2.05) is 0 Å². The van der Waals surface area contributed by atoms with Gasteiger partial charge in [-0.15, -0.1) is 0 Å². The van der Waals surface area contributed by atoms with Gasteiger partial charge in [0, 0.05) is 0 Å². The molecule has 0 aromatic heterocycles. The monoisotopic (exact) mass is 291 g/mol. The zero-order valence-electron chi connectivity index (χ0n) is 13.0. The molecule has 2 heteroatoms. The molecule has 0 radical (unpaired) electrons. The molecule has 1 fully saturated rings. The van der Waals surface area contributed by atoms with Crippen LogP contribution in [0.25, 0.3) is 0 Å². The molecule has 112 valence electrons. The molecule has 1 saturated carbocycles. The Morgan fingerprint density at radius 1 is 0.909 bits per heavy atom. The fraction of sp³-hybridized carbons (Fsp3) is 0.350. The zero-order chi connectivity index (χ0) is 15.0. The van der Waals surface area contributed by atoms with E-state index in [4.69, 9.17) is 5.73 Å². The van der Waals surface area contributed by atoms with Gasteiger partial charge in [-0.05, 0) is 29.5 Å². The van der Waals surface area contributed by atoms with Crippen LogP contribution >= 0.6 is 0 Å². The first-order valence-electron chi connectivity index (χ1n) is 8.30. The van der Waals surface area contributed by atoms with Gasteiger partial charge in [-0.3, -0.25) is 10.3 Å². The maximum atomic E-state index is 6.72. The fourth-order valence-corrected chi connectivity index (χ4v) is 4.31. The average Bonchev–Trinajstić information content (AvgIpc) is 3.04. The topological polar surface area (TPSA) is 29.0 Å². The number of nitrogens with two attached hydrogens (primary N) is 1. The van der Waals surface area contributed by atoms with Gasteiger partial charge in [-0.1, -0.05) is 67.4 Å². The van der Waals surface area contributed by atoms with Gasteiger partial charge in [0.05, 0.1) is 5.41 Å². The van der Waals surface area contributed by atoms with Crippen molar-refractivity contribution in [2.75, 3.05) is 0 Å². The predicted octanol–water partition coefficient (Wildman–Crippen LogP) is 3.58. The molecule has 0 unspecified atom stereocenters. The van der Waals surface area contributed by atoms with Crippen LogP contribution in [0.5, 0.6) is 0 Å². The van der Waals surface area contributed by atoms with Crippen molar-refractivity contribution in [2.45, 2.75) is 44.2 Å². The zero-order valence-corrected chi connectivity index (χ0v) is 13.0. The van der Waals surface area contributed by atoms with Crippen molar-refractivity contribution in [2.24, 2.45) is 5.73 Å². The van der Waals surface area contributed by atoms with Gasteiger partial charge in [0.1, 0.15) is 13.1 Å². The second-order valence-corrected chi connectivity index (χ2v) is 6.67. The van der Waals surface area contributed by atoms with Crippen LogP contribution in [-0.2, 0) is 18.5 Å². The van der Waals surface area contributed by atoms with Crippen molar-refractivity contribution < 1.29 is 4.58 Å². The first-order valence-corrected chi connectivity index (χ1v) is 8.30. The van der Waals surface area contributed by atoms with Crippen molar-refractivity contribution in [1.29, 1.82) is 0 Å². The smallest absolute Gasteiger partial charge is 0.253 e. The van der Waals surface area contributed by atoms with Crippen LogP contribution in [0.15, 0.2) is 54.6 Å². The lowest BCUT2D eigenvalue weighted by Crippen LogP contribution is -2.49. The highest BCUT2D eigenvalue weighted by Crippen LogP contribution is 2.44. The molecular formula is C20H23N2+. The quantitative estimate of drug-likeness (QED) is 0.842. The van der Waals surface area contributed by atoms with Crippen molar-refractivity contribution >= 4 is 5.84 Å². The summed E-state index contributed by atoms with van der Waals surface area (Å²) in [4.78, 5) is 0. The van der Waals surface area contributed by atoms with Gasteiger partial charge in [0.25, 0.3) is 5.84 Å². The summed E-state index contributed by atoms with van der Waals surface area (Å²) < 4.78 is 2.39. The molecule has 1 aliphatic carbocycles. The highest BCUT2D eigenvalue weighted by molar-refractivity contribution is 5.89. The van der Waals surface area contributed by atoms with Crippen LogP contribution in [0.2, 0.25) is 0 Å². The maximum Gasteiger partial charge on any atom is 0.253 e. The molecule has 22 heavy (non-hydrogen) atoms. The lowest BCUT2D eigenvalue weighted by atomic mass is 9.73. The van der Waals surface area contributed by atoms with E-state index in [1.165, 1.54) is 42.4 Å². The average molecular weight is 291 g/mol. The molecule has 1 aliphatic heterocycles. The summed E-state index contributed by atoms with van der Waals surface area (Å²) in [6.07, 6.45) is 4.96. The highest BCUT2D eigenvalue weighted by atomic mass is 15.1. The summed E-state index contributed by atoms with van der Waals surface area (Å²) in [5, 5.41) is 0. The second kappa shape index (κ2) is 5.28. The molecule has 1 heterocycles.